The number of aliphatic hydroxyl groups is 1. The largest absolute Gasteiger partial charge is 0.395 e. The van der Waals surface area contributed by atoms with Gasteiger partial charge in [0, 0.05) is 38.3 Å². The average Bonchev–Trinajstić information content (AvgIpc) is 3.32. The lowest BCUT2D eigenvalue weighted by Crippen LogP contribution is -2.26. The van der Waals surface area contributed by atoms with E-state index in [0.29, 0.717) is 24.2 Å². The highest BCUT2D eigenvalue weighted by molar-refractivity contribution is 6.06. The number of primary amides is 1. The number of amides is 1. The van der Waals surface area contributed by atoms with E-state index >= 15 is 0 Å². The number of carbonyl (C=O) groups is 1. The first-order valence-electron chi connectivity index (χ1n) is 9.34. The van der Waals surface area contributed by atoms with Crippen molar-refractivity contribution in [3.63, 3.8) is 0 Å². The van der Waals surface area contributed by atoms with Gasteiger partial charge in [0.25, 0.3) is 5.91 Å². The molecular weight excluding hydrogens is 354 g/mol. The van der Waals surface area contributed by atoms with Gasteiger partial charge in [0.15, 0.2) is 0 Å². The van der Waals surface area contributed by atoms with E-state index in [4.69, 9.17) is 5.73 Å². The fourth-order valence-electron chi connectivity index (χ4n) is 3.84. The molecule has 7 heteroatoms. The van der Waals surface area contributed by atoms with Crippen LogP contribution >= 0.6 is 0 Å². The molecule has 0 saturated heterocycles. The van der Waals surface area contributed by atoms with Crippen molar-refractivity contribution in [3.05, 3.63) is 41.7 Å². The number of hydrogen-bond donors (Lipinski definition) is 2. The maximum atomic E-state index is 12.2. The minimum atomic E-state index is -0.481. The molecule has 0 spiro atoms. The standard InChI is InChI=1S/C21H23N5O2/c1-3-26-12-24-16-10-13(4-5-17(16)26)15-11-18(25(2)8-9-27)19(21(22)28)14-6-7-23-20(14)15/h4-5,7,10-12,27H,3,6,8-9H2,1-2H3,(H2,22,28). The molecule has 0 aliphatic carbocycles. The van der Waals surface area contributed by atoms with Gasteiger partial charge in [-0.25, -0.2) is 4.98 Å². The molecule has 0 unspecified atom stereocenters. The number of imidazole rings is 1. The van der Waals surface area contributed by atoms with Crippen molar-refractivity contribution >= 4 is 34.5 Å². The number of aliphatic imine (C=N–C) groups is 1. The topological polar surface area (TPSA) is 96.7 Å². The van der Waals surface area contributed by atoms with Gasteiger partial charge in [-0.1, -0.05) is 6.07 Å². The van der Waals surface area contributed by atoms with E-state index in [9.17, 15) is 9.90 Å². The molecule has 0 atom stereocenters. The Hall–Kier alpha value is -3.19. The Morgan fingerprint density at radius 1 is 1.36 bits per heavy atom. The van der Waals surface area contributed by atoms with Gasteiger partial charge in [-0.05, 0) is 36.2 Å². The number of nitrogens with two attached hydrogens (primary N) is 1. The zero-order valence-corrected chi connectivity index (χ0v) is 16.0. The van der Waals surface area contributed by atoms with Crippen LogP contribution < -0.4 is 10.6 Å². The van der Waals surface area contributed by atoms with Crippen LogP contribution in [-0.4, -0.2) is 47.0 Å². The van der Waals surface area contributed by atoms with Crippen molar-refractivity contribution < 1.29 is 9.90 Å². The van der Waals surface area contributed by atoms with E-state index < -0.39 is 5.91 Å². The fourth-order valence-corrected chi connectivity index (χ4v) is 3.84. The second-order valence-corrected chi connectivity index (χ2v) is 6.90. The number of carbonyl (C=O) groups excluding carboxylic acids is 1. The average molecular weight is 377 g/mol. The third-order valence-electron chi connectivity index (χ3n) is 5.26. The van der Waals surface area contributed by atoms with Gasteiger partial charge in [0.1, 0.15) is 0 Å². The van der Waals surface area contributed by atoms with Gasteiger partial charge >= 0.3 is 0 Å². The van der Waals surface area contributed by atoms with Gasteiger partial charge in [0.2, 0.25) is 0 Å². The number of rotatable bonds is 6. The number of aromatic nitrogens is 2. The Labute approximate surface area is 163 Å². The molecule has 3 N–H and O–H groups in total. The lowest BCUT2D eigenvalue weighted by atomic mass is 9.93. The van der Waals surface area contributed by atoms with E-state index in [2.05, 4.69) is 33.6 Å². The van der Waals surface area contributed by atoms with Crippen molar-refractivity contribution in [2.75, 3.05) is 25.1 Å². The molecule has 4 rings (SSSR count). The smallest absolute Gasteiger partial charge is 0.251 e. The van der Waals surface area contributed by atoms with Crippen molar-refractivity contribution in [2.24, 2.45) is 10.7 Å². The van der Waals surface area contributed by atoms with Gasteiger partial charge in [-0.3, -0.25) is 9.79 Å². The number of anilines is 1. The lowest BCUT2D eigenvalue weighted by molar-refractivity contribution is 0.1000. The zero-order chi connectivity index (χ0) is 19.8. The molecule has 1 aliphatic rings. The van der Waals surface area contributed by atoms with Crippen molar-refractivity contribution in [1.29, 1.82) is 0 Å². The maximum absolute atomic E-state index is 12.2. The summed E-state index contributed by atoms with van der Waals surface area (Å²) in [6.07, 6.45) is 4.21. The van der Waals surface area contributed by atoms with Gasteiger partial charge in [-0.15, -0.1) is 0 Å². The Bertz CT molecular complexity index is 1100. The van der Waals surface area contributed by atoms with Crippen molar-refractivity contribution in [3.8, 4) is 11.1 Å². The summed E-state index contributed by atoms with van der Waals surface area (Å²) in [6.45, 7) is 3.33. The van der Waals surface area contributed by atoms with E-state index in [1.54, 1.807) is 6.21 Å². The Morgan fingerprint density at radius 2 is 2.18 bits per heavy atom. The van der Waals surface area contributed by atoms with Gasteiger partial charge in [-0.2, -0.15) is 0 Å². The predicted molar refractivity (Wildman–Crippen MR) is 112 cm³/mol. The summed E-state index contributed by atoms with van der Waals surface area (Å²) in [7, 11) is 1.84. The van der Waals surface area contributed by atoms with Crippen LogP contribution in [0.2, 0.25) is 0 Å². The number of benzene rings is 2. The normalized spacial score (nSPS) is 12.5. The molecule has 2 aromatic carbocycles. The maximum Gasteiger partial charge on any atom is 0.251 e. The molecule has 3 aromatic rings. The van der Waals surface area contributed by atoms with Crippen LogP contribution in [-0.2, 0) is 13.0 Å². The summed E-state index contributed by atoms with van der Waals surface area (Å²) in [5, 5.41) is 9.36. The van der Waals surface area contributed by atoms with Crippen molar-refractivity contribution in [1.82, 2.24) is 9.55 Å². The second kappa shape index (κ2) is 7.09. The molecule has 144 valence electrons. The Balaban J connectivity index is 1.94. The minimum absolute atomic E-state index is 0.0158. The summed E-state index contributed by atoms with van der Waals surface area (Å²) >= 11 is 0. The third-order valence-corrected chi connectivity index (χ3v) is 5.26. The highest BCUT2D eigenvalue weighted by Gasteiger charge is 2.25. The first-order valence-corrected chi connectivity index (χ1v) is 9.34. The zero-order valence-electron chi connectivity index (χ0n) is 16.0. The highest BCUT2D eigenvalue weighted by Crippen LogP contribution is 2.43. The van der Waals surface area contributed by atoms with E-state index in [1.807, 2.05) is 30.4 Å². The van der Waals surface area contributed by atoms with Crippen LogP contribution in [0.5, 0.6) is 0 Å². The number of fused-ring (bicyclic) bond motifs is 2. The SMILES string of the molecule is CCn1cnc2cc(-c3cc(N(C)CCO)c(C(N)=O)c4c3N=CC4)ccc21. The number of aryl methyl sites for hydroxylation is 1. The molecule has 28 heavy (non-hydrogen) atoms. The summed E-state index contributed by atoms with van der Waals surface area (Å²) in [4.78, 5) is 23.1. The molecule has 0 bridgehead atoms. The molecule has 1 aromatic heterocycles. The summed E-state index contributed by atoms with van der Waals surface area (Å²) < 4.78 is 2.10. The van der Waals surface area contributed by atoms with E-state index in [1.165, 1.54) is 0 Å². The van der Waals surface area contributed by atoms with Crippen LogP contribution in [0.3, 0.4) is 0 Å². The minimum Gasteiger partial charge on any atom is -0.395 e. The molecule has 0 saturated carbocycles. The molecule has 1 amide bonds. The first kappa shape index (κ1) is 18.2. The van der Waals surface area contributed by atoms with Crippen LogP contribution in [0.1, 0.15) is 22.8 Å². The van der Waals surface area contributed by atoms with E-state index in [0.717, 1.165) is 40.0 Å². The van der Waals surface area contributed by atoms with Crippen molar-refractivity contribution in [2.45, 2.75) is 19.9 Å². The van der Waals surface area contributed by atoms with Gasteiger partial charge < -0.3 is 20.3 Å². The van der Waals surface area contributed by atoms with Crippen LogP contribution in [0.4, 0.5) is 11.4 Å². The summed E-state index contributed by atoms with van der Waals surface area (Å²) in [5.74, 6) is -0.481. The Morgan fingerprint density at radius 3 is 2.89 bits per heavy atom. The third kappa shape index (κ3) is 2.84. The molecule has 1 aliphatic heterocycles. The highest BCUT2D eigenvalue weighted by atomic mass is 16.3. The second-order valence-electron chi connectivity index (χ2n) is 6.90. The molecular formula is C21H23N5O2. The monoisotopic (exact) mass is 377 g/mol. The number of aliphatic hydroxyl groups excluding tert-OH is 1. The van der Waals surface area contributed by atoms with Crippen LogP contribution in [0.15, 0.2) is 35.6 Å². The van der Waals surface area contributed by atoms with Crippen LogP contribution in [0.25, 0.3) is 22.2 Å². The Kier molecular flexibility index (Phi) is 4.60. The fraction of sp³-hybridized carbons (Fsp3) is 0.286. The quantitative estimate of drug-likeness (QED) is 0.690. The van der Waals surface area contributed by atoms with Gasteiger partial charge in [0.05, 0.1) is 40.9 Å². The molecule has 2 heterocycles. The molecule has 7 nitrogen and oxygen atoms in total. The number of likely N-dealkylation sites (N-methyl/N-ethyl adjacent to an activating group) is 1. The number of nitrogens with zero attached hydrogens (tertiary/aromatic N) is 4. The lowest BCUT2D eigenvalue weighted by Gasteiger charge is -2.24. The predicted octanol–water partition coefficient (Wildman–Crippen LogP) is 2.51. The molecule has 0 fully saturated rings. The van der Waals surface area contributed by atoms with E-state index in [-0.39, 0.29) is 6.61 Å². The first-order chi connectivity index (χ1) is 13.5. The van der Waals surface area contributed by atoms with Crippen LogP contribution in [0, 0.1) is 0 Å². The summed E-state index contributed by atoms with van der Waals surface area (Å²) in [5.41, 5.74) is 12.4. The number of hydrogen-bond acceptors (Lipinski definition) is 5. The molecule has 0 radical (unpaired) electrons. The summed E-state index contributed by atoms with van der Waals surface area (Å²) in [6, 6.07) is 8.10.